The summed E-state index contributed by atoms with van der Waals surface area (Å²) >= 11 is 0. The first-order valence-electron chi connectivity index (χ1n) is 12.6. The standard InChI is InChI=1S/C29H29N3O4/c1-4-18-15-32-10-9-28-22-12-24(33)20(19-7-5-17(14-30)6-8-19)11-23(22)31(2)29(28)25(32)13-21(18)27(28,16-36-29)26(34)35-3/h4-8,11-12,21,25,33H,9-10,13,15-16H2,1-3H3/b18-4-/t21-,25-,27-,28-,29+/m0/s1. The van der Waals surface area contributed by atoms with Crippen LogP contribution in [0.3, 0.4) is 0 Å². The van der Waals surface area contributed by atoms with E-state index in [1.54, 1.807) is 12.1 Å². The average molecular weight is 484 g/mol. The maximum Gasteiger partial charge on any atom is 0.315 e. The number of phenolic OH excluding ortho intramolecular Hbond substituents is 1. The normalized spacial score (nSPS) is 36.5. The van der Waals surface area contributed by atoms with Crippen LogP contribution in [0.1, 0.15) is 30.9 Å². The van der Waals surface area contributed by atoms with E-state index in [4.69, 9.17) is 9.47 Å². The molecule has 7 heteroatoms. The molecular weight excluding hydrogens is 454 g/mol. The fourth-order valence-electron chi connectivity index (χ4n) is 8.78. The molecule has 3 saturated heterocycles. The molecule has 0 amide bonds. The Labute approximate surface area is 210 Å². The van der Waals surface area contributed by atoms with Crippen molar-refractivity contribution in [2.75, 3.05) is 38.8 Å². The van der Waals surface area contributed by atoms with Gasteiger partial charge in [-0.15, -0.1) is 0 Å². The summed E-state index contributed by atoms with van der Waals surface area (Å²) in [6.45, 7) is 4.09. The van der Waals surface area contributed by atoms with Gasteiger partial charge in [-0.05, 0) is 55.2 Å². The Morgan fingerprint density at radius 3 is 2.78 bits per heavy atom. The molecule has 7 rings (SSSR count). The van der Waals surface area contributed by atoms with Gasteiger partial charge in [0, 0.05) is 37.3 Å². The zero-order valence-electron chi connectivity index (χ0n) is 20.7. The van der Waals surface area contributed by atoms with Crippen LogP contribution >= 0.6 is 0 Å². The van der Waals surface area contributed by atoms with Crippen molar-refractivity contribution in [3.63, 3.8) is 0 Å². The highest BCUT2D eigenvalue weighted by Crippen LogP contribution is 2.76. The molecule has 4 aliphatic heterocycles. The molecule has 7 nitrogen and oxygen atoms in total. The third-order valence-electron chi connectivity index (χ3n) is 10.1. The summed E-state index contributed by atoms with van der Waals surface area (Å²) in [6, 6.07) is 13.4. The summed E-state index contributed by atoms with van der Waals surface area (Å²) in [4.78, 5) is 18.7. The lowest BCUT2D eigenvalue weighted by molar-refractivity contribution is -0.184. The molecule has 4 fully saturated rings. The molecule has 5 bridgehead atoms. The molecule has 184 valence electrons. The number of allylic oxidation sites excluding steroid dienone is 1. The molecule has 5 aliphatic rings. The zero-order valence-corrected chi connectivity index (χ0v) is 20.7. The quantitative estimate of drug-likeness (QED) is 0.516. The van der Waals surface area contributed by atoms with Crippen molar-refractivity contribution >= 4 is 11.7 Å². The number of esters is 1. The SMILES string of the molecule is C/C=C1/CN2CC[C@@]34c5cc(O)c(-c6ccc(C#N)cc6)cc5N(C)[C@]35OC[C@@]4(C(=O)OC)[C@H]1C[C@H]25. The minimum Gasteiger partial charge on any atom is -0.507 e. The molecular formula is C29H29N3O4. The number of carbonyl (C=O) groups is 1. The van der Waals surface area contributed by atoms with E-state index >= 15 is 0 Å². The van der Waals surface area contributed by atoms with Crippen LogP contribution in [0.15, 0.2) is 48.0 Å². The predicted molar refractivity (Wildman–Crippen MR) is 133 cm³/mol. The van der Waals surface area contributed by atoms with Crippen LogP contribution in [0.25, 0.3) is 11.1 Å². The van der Waals surface area contributed by atoms with Crippen molar-refractivity contribution in [2.45, 2.75) is 36.9 Å². The van der Waals surface area contributed by atoms with Gasteiger partial charge in [-0.2, -0.15) is 5.26 Å². The zero-order chi connectivity index (χ0) is 25.0. The van der Waals surface area contributed by atoms with Crippen LogP contribution < -0.4 is 4.90 Å². The van der Waals surface area contributed by atoms with Gasteiger partial charge in [-0.25, -0.2) is 0 Å². The van der Waals surface area contributed by atoms with E-state index in [0.29, 0.717) is 17.7 Å². The highest BCUT2D eigenvalue weighted by Gasteiger charge is 2.86. The maximum absolute atomic E-state index is 13.9. The third-order valence-corrected chi connectivity index (χ3v) is 10.1. The van der Waals surface area contributed by atoms with Gasteiger partial charge in [0.25, 0.3) is 0 Å². The number of phenols is 1. The van der Waals surface area contributed by atoms with E-state index in [0.717, 1.165) is 42.7 Å². The number of anilines is 1. The second-order valence-electron chi connectivity index (χ2n) is 10.9. The van der Waals surface area contributed by atoms with E-state index in [1.807, 2.05) is 24.3 Å². The molecule has 0 radical (unpaired) electrons. The van der Waals surface area contributed by atoms with Crippen LogP contribution in [0.2, 0.25) is 0 Å². The molecule has 0 aromatic heterocycles. The van der Waals surface area contributed by atoms with E-state index < -0.39 is 16.6 Å². The summed E-state index contributed by atoms with van der Waals surface area (Å²) < 4.78 is 12.5. The molecule has 1 N–H and O–H groups in total. The van der Waals surface area contributed by atoms with Gasteiger partial charge in [0.05, 0.1) is 36.8 Å². The van der Waals surface area contributed by atoms with E-state index in [-0.39, 0.29) is 23.7 Å². The van der Waals surface area contributed by atoms with Gasteiger partial charge in [0.2, 0.25) is 0 Å². The van der Waals surface area contributed by atoms with Crippen LogP contribution in [0.4, 0.5) is 5.69 Å². The number of fused-ring (bicyclic) bond motifs is 3. The lowest BCUT2D eigenvalue weighted by Crippen LogP contribution is -2.80. The number of benzene rings is 2. The number of hydrogen-bond donors (Lipinski definition) is 1. The van der Waals surface area contributed by atoms with Crippen molar-refractivity contribution in [3.8, 4) is 22.9 Å². The first-order valence-corrected chi connectivity index (χ1v) is 12.6. The monoisotopic (exact) mass is 483 g/mol. The molecule has 1 aliphatic carbocycles. The minimum atomic E-state index is -0.853. The molecule has 0 unspecified atom stereocenters. The number of nitrogens with zero attached hydrogens (tertiary/aromatic N) is 3. The summed E-state index contributed by atoms with van der Waals surface area (Å²) in [5.74, 6) is -0.00614. The van der Waals surface area contributed by atoms with Gasteiger partial charge in [0.1, 0.15) is 11.2 Å². The number of ether oxygens (including phenoxy) is 2. The number of piperidine rings is 2. The lowest BCUT2D eigenvalue weighted by atomic mass is 9.43. The average Bonchev–Trinajstić information content (AvgIpc) is 3.28. The Bertz CT molecular complexity index is 1390. The Kier molecular flexibility index (Phi) is 4.20. The number of aromatic hydroxyl groups is 1. The highest BCUT2D eigenvalue weighted by molar-refractivity contribution is 5.89. The second kappa shape index (κ2) is 6.90. The van der Waals surface area contributed by atoms with Gasteiger partial charge >= 0.3 is 5.97 Å². The van der Waals surface area contributed by atoms with Crippen molar-refractivity contribution in [3.05, 3.63) is 59.2 Å². The van der Waals surface area contributed by atoms with Crippen molar-refractivity contribution in [2.24, 2.45) is 11.3 Å². The van der Waals surface area contributed by atoms with E-state index in [1.165, 1.54) is 12.7 Å². The largest absolute Gasteiger partial charge is 0.507 e. The van der Waals surface area contributed by atoms with Crippen LogP contribution in [-0.4, -0.2) is 61.6 Å². The summed E-state index contributed by atoms with van der Waals surface area (Å²) in [7, 11) is 3.56. The first-order chi connectivity index (χ1) is 17.4. The first kappa shape index (κ1) is 21.9. The number of methoxy groups -OCH3 is 1. The van der Waals surface area contributed by atoms with Gasteiger partial charge in [-0.3, -0.25) is 9.69 Å². The molecule has 4 heterocycles. The summed E-state index contributed by atoms with van der Waals surface area (Å²) in [5, 5.41) is 20.6. The Balaban J connectivity index is 1.51. The number of hydrogen-bond acceptors (Lipinski definition) is 7. The van der Waals surface area contributed by atoms with E-state index in [2.05, 4.69) is 35.9 Å². The topological polar surface area (TPSA) is 86.0 Å². The third kappa shape index (κ3) is 2.09. The van der Waals surface area contributed by atoms with Gasteiger partial charge in [0.15, 0.2) is 5.72 Å². The molecule has 0 spiro atoms. The second-order valence-corrected chi connectivity index (χ2v) is 10.9. The fourth-order valence-corrected chi connectivity index (χ4v) is 8.78. The van der Waals surface area contributed by atoms with Gasteiger partial charge in [-0.1, -0.05) is 23.8 Å². The number of rotatable bonds is 2. The van der Waals surface area contributed by atoms with E-state index in [9.17, 15) is 15.2 Å². The lowest BCUT2D eigenvalue weighted by Gasteiger charge is -2.66. The van der Waals surface area contributed by atoms with Crippen LogP contribution in [0.5, 0.6) is 5.75 Å². The molecule has 5 atom stereocenters. The van der Waals surface area contributed by atoms with Crippen LogP contribution in [-0.2, 0) is 19.7 Å². The number of likely N-dealkylation sites (N-methyl/N-ethyl adjacent to an activating group) is 1. The predicted octanol–water partition coefficient (Wildman–Crippen LogP) is 3.56. The molecule has 2 aromatic carbocycles. The summed E-state index contributed by atoms with van der Waals surface area (Å²) in [5.41, 5.74) is 3.17. The maximum atomic E-state index is 13.9. The highest BCUT2D eigenvalue weighted by atomic mass is 16.6. The van der Waals surface area contributed by atoms with Crippen molar-refractivity contribution in [1.82, 2.24) is 4.90 Å². The van der Waals surface area contributed by atoms with Crippen molar-refractivity contribution < 1.29 is 19.4 Å². The Morgan fingerprint density at radius 1 is 1.31 bits per heavy atom. The molecule has 36 heavy (non-hydrogen) atoms. The Hall–Kier alpha value is -3.34. The fraction of sp³-hybridized carbons (Fsp3) is 0.448. The van der Waals surface area contributed by atoms with Crippen LogP contribution in [0, 0.1) is 22.7 Å². The smallest absolute Gasteiger partial charge is 0.315 e. The van der Waals surface area contributed by atoms with Crippen molar-refractivity contribution in [1.29, 1.82) is 5.26 Å². The minimum absolute atomic E-state index is 0.0341. The number of nitriles is 1. The number of carbonyl (C=O) groups excluding carboxylic acids is 1. The van der Waals surface area contributed by atoms with Gasteiger partial charge < -0.3 is 19.5 Å². The molecule has 2 aromatic rings. The summed E-state index contributed by atoms with van der Waals surface area (Å²) in [6.07, 6.45) is 3.79. The molecule has 1 saturated carbocycles. The Morgan fingerprint density at radius 2 is 2.08 bits per heavy atom.